The number of unbranched alkanes of at least 4 members (excludes halogenated alkanes) is 9. The molecule has 0 aliphatic carbocycles. The molecule has 0 saturated carbocycles. The predicted octanol–water partition coefficient (Wildman–Crippen LogP) is 7.02. The first-order chi connectivity index (χ1) is 15.0. The van der Waals surface area contributed by atoms with Crippen molar-refractivity contribution in [3.8, 4) is 11.6 Å². The average Bonchev–Trinajstić information content (AvgIpc) is 3.34. The van der Waals surface area contributed by atoms with Crippen LogP contribution in [-0.4, -0.2) is 9.13 Å². The van der Waals surface area contributed by atoms with Crippen LogP contribution in [0.15, 0.2) is 24.8 Å². The van der Waals surface area contributed by atoms with E-state index in [0.717, 1.165) is 13.1 Å². The van der Waals surface area contributed by atoms with E-state index in [1.54, 1.807) is 0 Å². The number of aryl methyl sites for hydroxylation is 2. The summed E-state index contributed by atoms with van der Waals surface area (Å²) >= 11 is 0. The molecule has 0 aliphatic rings. The van der Waals surface area contributed by atoms with E-state index in [2.05, 4.69) is 84.6 Å². The van der Waals surface area contributed by atoms with E-state index in [1.807, 2.05) is 0 Å². The summed E-state index contributed by atoms with van der Waals surface area (Å²) in [6, 6.07) is 0.906. The lowest BCUT2D eigenvalue weighted by atomic mass is 10.1. The van der Waals surface area contributed by atoms with E-state index < -0.39 is 0 Å². The molecule has 176 valence electrons. The van der Waals surface area contributed by atoms with E-state index in [9.17, 15) is 0 Å². The Labute approximate surface area is 192 Å². The Morgan fingerprint density at radius 2 is 0.935 bits per heavy atom. The van der Waals surface area contributed by atoms with Gasteiger partial charge in [0, 0.05) is 0 Å². The molecule has 0 aromatic carbocycles. The van der Waals surface area contributed by atoms with Crippen molar-refractivity contribution in [1.82, 2.24) is 9.13 Å². The summed E-state index contributed by atoms with van der Waals surface area (Å²) in [5, 5.41) is 0. The molecule has 0 bridgehead atoms. The zero-order valence-electron chi connectivity index (χ0n) is 21.4. The maximum Gasteiger partial charge on any atom is 0.373 e. The molecule has 2 aromatic rings. The number of hydrogen-bond donors (Lipinski definition) is 0. The highest BCUT2D eigenvalue weighted by atomic mass is 15.3. The molecular weight excluding hydrogens is 380 g/mol. The minimum absolute atomic E-state index is 0.453. The second kappa shape index (κ2) is 13.8. The first-order valence-corrected chi connectivity index (χ1v) is 13.2. The Hall–Kier alpha value is -1.58. The topological polar surface area (TPSA) is 17.6 Å². The lowest BCUT2D eigenvalue weighted by Gasteiger charge is -2.10. The Balaban J connectivity index is 2.25. The molecule has 2 heterocycles. The van der Waals surface area contributed by atoms with Crippen LogP contribution in [-0.2, 0) is 13.1 Å². The van der Waals surface area contributed by atoms with Gasteiger partial charge in [-0.15, -0.1) is 0 Å². The number of imidazole rings is 2. The van der Waals surface area contributed by atoms with Crippen molar-refractivity contribution in [3.63, 3.8) is 0 Å². The van der Waals surface area contributed by atoms with Gasteiger partial charge in [0.05, 0.1) is 25.2 Å². The number of aromatic nitrogens is 4. The summed E-state index contributed by atoms with van der Waals surface area (Å²) in [4.78, 5) is 0. The molecule has 2 aromatic heterocycles. The summed E-state index contributed by atoms with van der Waals surface area (Å²) in [6.07, 6.45) is 23.9. The third-order valence-electron chi connectivity index (χ3n) is 6.42. The molecule has 4 nitrogen and oxygen atoms in total. The minimum Gasteiger partial charge on any atom is -0.223 e. The maximum absolute atomic E-state index is 2.52. The average molecular weight is 431 g/mol. The maximum atomic E-state index is 2.52. The summed E-state index contributed by atoms with van der Waals surface area (Å²) in [5.74, 6) is 2.74. The molecule has 0 radical (unpaired) electrons. The minimum atomic E-state index is 0.453. The molecule has 0 saturated heterocycles. The Kier molecular flexibility index (Phi) is 11.4. The van der Waals surface area contributed by atoms with Crippen LogP contribution < -0.4 is 9.13 Å². The standard InChI is InChI=1S/C27H50N4/c1-7-9-11-13-15-17-19-29-21-23-31(25(5)6)27(29)26-28(18-16-14-12-10-8-2)20-22-30(26)24(3)4/h20-25H,7-19H2,1-6H3/q+2. The quantitative estimate of drug-likeness (QED) is 0.201. The lowest BCUT2D eigenvalue weighted by Crippen LogP contribution is -2.43. The van der Waals surface area contributed by atoms with Crippen LogP contribution in [0, 0.1) is 0 Å². The normalized spacial score (nSPS) is 11.9. The van der Waals surface area contributed by atoms with Crippen molar-refractivity contribution in [2.45, 2.75) is 137 Å². The van der Waals surface area contributed by atoms with Crippen molar-refractivity contribution in [2.75, 3.05) is 0 Å². The molecule has 4 heteroatoms. The number of nitrogens with zero attached hydrogens (tertiary/aromatic N) is 4. The predicted molar refractivity (Wildman–Crippen MR) is 131 cm³/mol. The van der Waals surface area contributed by atoms with Crippen LogP contribution in [0.4, 0.5) is 0 Å². The number of rotatable bonds is 16. The largest absolute Gasteiger partial charge is 0.373 e. The van der Waals surface area contributed by atoms with E-state index in [4.69, 9.17) is 0 Å². The highest BCUT2D eigenvalue weighted by Gasteiger charge is 2.34. The molecule has 0 spiro atoms. The van der Waals surface area contributed by atoms with Crippen LogP contribution in [0.1, 0.15) is 124 Å². The van der Waals surface area contributed by atoms with Crippen molar-refractivity contribution < 1.29 is 9.13 Å². The first kappa shape index (κ1) is 25.7. The molecule has 0 fully saturated rings. The number of hydrogen-bond acceptors (Lipinski definition) is 0. The Morgan fingerprint density at radius 3 is 1.29 bits per heavy atom. The van der Waals surface area contributed by atoms with Crippen LogP contribution in [0.5, 0.6) is 0 Å². The third-order valence-corrected chi connectivity index (χ3v) is 6.42. The van der Waals surface area contributed by atoms with E-state index in [-0.39, 0.29) is 0 Å². The second-order valence-corrected chi connectivity index (χ2v) is 9.81. The molecule has 0 atom stereocenters. The van der Waals surface area contributed by atoms with Crippen molar-refractivity contribution in [1.29, 1.82) is 0 Å². The highest BCUT2D eigenvalue weighted by Crippen LogP contribution is 2.21. The van der Waals surface area contributed by atoms with Crippen molar-refractivity contribution >= 4 is 0 Å². The van der Waals surface area contributed by atoms with Crippen LogP contribution >= 0.6 is 0 Å². The van der Waals surface area contributed by atoms with Gasteiger partial charge in [-0.2, -0.15) is 0 Å². The van der Waals surface area contributed by atoms with E-state index >= 15 is 0 Å². The van der Waals surface area contributed by atoms with Crippen LogP contribution in [0.25, 0.3) is 11.6 Å². The summed E-state index contributed by atoms with van der Waals surface area (Å²) in [7, 11) is 0. The summed E-state index contributed by atoms with van der Waals surface area (Å²) in [5.41, 5.74) is 0. The van der Waals surface area contributed by atoms with Gasteiger partial charge < -0.3 is 0 Å². The van der Waals surface area contributed by atoms with Gasteiger partial charge in [0.1, 0.15) is 24.8 Å². The monoisotopic (exact) mass is 430 g/mol. The molecule has 0 unspecified atom stereocenters. The lowest BCUT2D eigenvalue weighted by molar-refractivity contribution is -0.715. The summed E-state index contributed by atoms with van der Waals surface area (Å²) in [6.45, 7) is 16.0. The van der Waals surface area contributed by atoms with E-state index in [1.165, 1.54) is 82.3 Å². The van der Waals surface area contributed by atoms with Gasteiger partial charge in [-0.25, -0.2) is 18.3 Å². The fraction of sp³-hybridized carbons (Fsp3) is 0.778. The molecule has 0 amide bonds. The molecule has 0 aliphatic heterocycles. The van der Waals surface area contributed by atoms with Crippen molar-refractivity contribution in [3.05, 3.63) is 24.8 Å². The van der Waals surface area contributed by atoms with Gasteiger partial charge in [-0.05, 0) is 53.4 Å². The zero-order valence-corrected chi connectivity index (χ0v) is 21.4. The molecular formula is C27H50N4+2. The van der Waals surface area contributed by atoms with Gasteiger partial charge in [0.25, 0.3) is 0 Å². The second-order valence-electron chi connectivity index (χ2n) is 9.81. The SMILES string of the molecule is CCCCCCCC[n+]1ccn(C(C)C)c1-c1n(C(C)C)cc[n+]1CCCCCCC. The molecule has 0 N–H and O–H groups in total. The van der Waals surface area contributed by atoms with Gasteiger partial charge in [0.15, 0.2) is 0 Å². The van der Waals surface area contributed by atoms with Crippen molar-refractivity contribution in [2.24, 2.45) is 0 Å². The van der Waals surface area contributed by atoms with E-state index in [0.29, 0.717) is 12.1 Å². The first-order valence-electron chi connectivity index (χ1n) is 13.2. The Morgan fingerprint density at radius 1 is 0.581 bits per heavy atom. The van der Waals surface area contributed by atoms with Crippen LogP contribution in [0.2, 0.25) is 0 Å². The highest BCUT2D eigenvalue weighted by molar-refractivity contribution is 5.37. The van der Waals surface area contributed by atoms with Gasteiger partial charge in [0.2, 0.25) is 0 Å². The third kappa shape index (κ3) is 7.50. The summed E-state index contributed by atoms with van der Waals surface area (Å²) < 4.78 is 9.97. The Bertz CT molecular complexity index is 739. The fourth-order valence-corrected chi connectivity index (χ4v) is 4.51. The molecule has 31 heavy (non-hydrogen) atoms. The van der Waals surface area contributed by atoms with Gasteiger partial charge >= 0.3 is 11.6 Å². The fourth-order valence-electron chi connectivity index (χ4n) is 4.51. The van der Waals surface area contributed by atoms with Gasteiger partial charge in [-0.1, -0.05) is 58.8 Å². The smallest absolute Gasteiger partial charge is 0.223 e. The molecule has 2 rings (SSSR count). The van der Waals surface area contributed by atoms with Gasteiger partial charge in [-0.3, -0.25) is 0 Å². The zero-order chi connectivity index (χ0) is 22.6. The van der Waals surface area contributed by atoms with Crippen LogP contribution in [0.3, 0.4) is 0 Å².